The number of nitrogens with one attached hydrogen (secondary N) is 1. The summed E-state index contributed by atoms with van der Waals surface area (Å²) in [6.07, 6.45) is -3.69. The van der Waals surface area contributed by atoms with Crippen LogP contribution in [0.5, 0.6) is 0 Å². The third-order valence-corrected chi connectivity index (χ3v) is 3.01. The van der Waals surface area contributed by atoms with E-state index >= 15 is 0 Å². The van der Waals surface area contributed by atoms with E-state index in [4.69, 9.17) is 4.74 Å². The molecule has 0 aliphatic rings. The van der Waals surface area contributed by atoms with Crippen molar-refractivity contribution >= 4 is 21.6 Å². The SMILES string of the molecule is CC(C)COCCCNc1ccc(Br)cc1C(F)(F)F. The van der Waals surface area contributed by atoms with Crippen LogP contribution in [0.3, 0.4) is 0 Å². The Morgan fingerprint density at radius 1 is 1.30 bits per heavy atom. The Kier molecular flexibility index (Phi) is 6.82. The summed E-state index contributed by atoms with van der Waals surface area (Å²) in [5.74, 6) is 0.464. The maximum Gasteiger partial charge on any atom is 0.418 e. The normalized spacial score (nSPS) is 11.9. The molecule has 0 aliphatic heterocycles. The van der Waals surface area contributed by atoms with Gasteiger partial charge < -0.3 is 10.1 Å². The highest BCUT2D eigenvalue weighted by Gasteiger charge is 2.33. The molecule has 0 radical (unpaired) electrons. The summed E-state index contributed by atoms with van der Waals surface area (Å²) >= 11 is 3.06. The minimum atomic E-state index is -4.36. The van der Waals surface area contributed by atoms with Crippen molar-refractivity contribution in [1.29, 1.82) is 0 Å². The lowest BCUT2D eigenvalue weighted by molar-refractivity contribution is -0.137. The quantitative estimate of drug-likeness (QED) is 0.700. The molecule has 0 aliphatic carbocycles. The lowest BCUT2D eigenvalue weighted by Gasteiger charge is -2.15. The van der Waals surface area contributed by atoms with Crippen LogP contribution >= 0.6 is 15.9 Å². The van der Waals surface area contributed by atoms with Gasteiger partial charge in [0, 0.05) is 29.9 Å². The largest absolute Gasteiger partial charge is 0.418 e. The van der Waals surface area contributed by atoms with Crippen LogP contribution in [0.2, 0.25) is 0 Å². The Bertz CT molecular complexity index is 421. The third kappa shape index (κ3) is 6.13. The molecule has 0 amide bonds. The Morgan fingerprint density at radius 2 is 2.00 bits per heavy atom. The Balaban J connectivity index is 2.48. The minimum absolute atomic E-state index is 0.101. The second-order valence-corrected chi connectivity index (χ2v) is 5.85. The monoisotopic (exact) mass is 353 g/mol. The first-order valence-electron chi connectivity index (χ1n) is 6.49. The van der Waals surface area contributed by atoms with Crippen molar-refractivity contribution in [2.75, 3.05) is 25.1 Å². The summed E-state index contributed by atoms with van der Waals surface area (Å²) in [7, 11) is 0. The smallest absolute Gasteiger partial charge is 0.384 e. The van der Waals surface area contributed by atoms with E-state index in [1.54, 1.807) is 6.07 Å². The van der Waals surface area contributed by atoms with Gasteiger partial charge in [0.25, 0.3) is 0 Å². The summed E-state index contributed by atoms with van der Waals surface area (Å²) in [5.41, 5.74) is -0.556. The van der Waals surface area contributed by atoms with Gasteiger partial charge in [-0.3, -0.25) is 0 Å². The fourth-order valence-electron chi connectivity index (χ4n) is 1.62. The van der Waals surface area contributed by atoms with E-state index in [1.807, 2.05) is 0 Å². The maximum absolute atomic E-state index is 12.9. The number of anilines is 1. The molecular formula is C14H19BrF3NO. The van der Waals surface area contributed by atoms with E-state index in [1.165, 1.54) is 6.07 Å². The average Bonchev–Trinajstić information content (AvgIpc) is 2.33. The van der Waals surface area contributed by atoms with Crippen LogP contribution in [0.1, 0.15) is 25.8 Å². The van der Waals surface area contributed by atoms with Gasteiger partial charge in [0.15, 0.2) is 0 Å². The predicted molar refractivity (Wildman–Crippen MR) is 77.9 cm³/mol. The van der Waals surface area contributed by atoms with E-state index in [0.29, 0.717) is 36.6 Å². The van der Waals surface area contributed by atoms with Crippen molar-refractivity contribution in [3.63, 3.8) is 0 Å². The summed E-state index contributed by atoms with van der Waals surface area (Å²) in [6, 6.07) is 4.10. The number of hydrogen-bond acceptors (Lipinski definition) is 2. The number of alkyl halides is 3. The van der Waals surface area contributed by atoms with Crippen LogP contribution in [0.15, 0.2) is 22.7 Å². The summed E-state index contributed by atoms with van der Waals surface area (Å²) in [5, 5.41) is 2.81. The molecule has 0 saturated carbocycles. The molecule has 20 heavy (non-hydrogen) atoms. The first-order chi connectivity index (χ1) is 9.30. The summed E-state index contributed by atoms with van der Waals surface area (Å²) < 4.78 is 44.4. The number of ether oxygens (including phenoxy) is 1. The van der Waals surface area contributed by atoms with Crippen LogP contribution in [-0.2, 0) is 10.9 Å². The topological polar surface area (TPSA) is 21.3 Å². The number of hydrogen-bond donors (Lipinski definition) is 1. The second kappa shape index (κ2) is 7.88. The van der Waals surface area contributed by atoms with E-state index in [2.05, 4.69) is 35.1 Å². The van der Waals surface area contributed by atoms with Crippen LogP contribution in [0.4, 0.5) is 18.9 Å². The van der Waals surface area contributed by atoms with Crippen LogP contribution in [0.25, 0.3) is 0 Å². The second-order valence-electron chi connectivity index (χ2n) is 4.94. The fraction of sp³-hybridized carbons (Fsp3) is 0.571. The van der Waals surface area contributed by atoms with Gasteiger partial charge in [0.2, 0.25) is 0 Å². The maximum atomic E-state index is 12.9. The van der Waals surface area contributed by atoms with Gasteiger partial charge in [-0.15, -0.1) is 0 Å². The van der Waals surface area contributed by atoms with Gasteiger partial charge in [-0.1, -0.05) is 29.8 Å². The molecule has 6 heteroatoms. The molecule has 0 unspecified atom stereocenters. The Labute approximate surface area is 125 Å². The van der Waals surface area contributed by atoms with E-state index in [-0.39, 0.29) is 5.69 Å². The molecule has 1 aromatic carbocycles. The molecule has 114 valence electrons. The van der Waals surface area contributed by atoms with E-state index in [9.17, 15) is 13.2 Å². The average molecular weight is 354 g/mol. The fourth-order valence-corrected chi connectivity index (χ4v) is 1.98. The molecule has 0 atom stereocenters. The lowest BCUT2D eigenvalue weighted by Crippen LogP contribution is -2.13. The van der Waals surface area contributed by atoms with Gasteiger partial charge in [-0.2, -0.15) is 13.2 Å². The van der Waals surface area contributed by atoms with Crippen molar-refractivity contribution < 1.29 is 17.9 Å². The predicted octanol–water partition coefficient (Wildman–Crippen LogP) is 4.94. The Hall–Kier alpha value is -0.750. The van der Waals surface area contributed by atoms with Crippen LogP contribution in [-0.4, -0.2) is 19.8 Å². The van der Waals surface area contributed by atoms with Gasteiger partial charge in [0.05, 0.1) is 5.56 Å². The highest BCUT2D eigenvalue weighted by molar-refractivity contribution is 9.10. The number of benzene rings is 1. The standard InChI is InChI=1S/C14H19BrF3NO/c1-10(2)9-20-7-3-6-19-13-5-4-11(15)8-12(13)14(16,17)18/h4-5,8,10,19H,3,6-7,9H2,1-2H3. The van der Waals surface area contributed by atoms with Gasteiger partial charge in [0.1, 0.15) is 0 Å². The number of halogens is 4. The zero-order valence-corrected chi connectivity index (χ0v) is 13.1. The molecule has 1 aromatic rings. The molecule has 1 rings (SSSR count). The minimum Gasteiger partial charge on any atom is -0.384 e. The van der Waals surface area contributed by atoms with Gasteiger partial charge in [-0.05, 0) is 30.5 Å². The molecular weight excluding hydrogens is 335 g/mol. The van der Waals surface area contributed by atoms with Crippen LogP contribution in [0, 0.1) is 5.92 Å². The summed E-state index contributed by atoms with van der Waals surface area (Å²) in [6.45, 7) is 5.77. The molecule has 2 nitrogen and oxygen atoms in total. The highest BCUT2D eigenvalue weighted by atomic mass is 79.9. The van der Waals surface area contributed by atoms with Crippen molar-refractivity contribution in [2.24, 2.45) is 5.92 Å². The molecule has 0 fully saturated rings. The van der Waals surface area contributed by atoms with Crippen molar-refractivity contribution in [3.05, 3.63) is 28.2 Å². The molecule has 0 bridgehead atoms. The van der Waals surface area contributed by atoms with Crippen molar-refractivity contribution in [1.82, 2.24) is 0 Å². The lowest BCUT2D eigenvalue weighted by atomic mass is 10.1. The summed E-state index contributed by atoms with van der Waals surface area (Å²) in [4.78, 5) is 0. The van der Waals surface area contributed by atoms with Crippen molar-refractivity contribution in [2.45, 2.75) is 26.4 Å². The highest BCUT2D eigenvalue weighted by Crippen LogP contribution is 2.36. The zero-order chi connectivity index (χ0) is 15.2. The first-order valence-corrected chi connectivity index (χ1v) is 7.28. The van der Waals surface area contributed by atoms with Gasteiger partial charge in [-0.25, -0.2) is 0 Å². The van der Waals surface area contributed by atoms with Gasteiger partial charge >= 0.3 is 6.18 Å². The van der Waals surface area contributed by atoms with Crippen molar-refractivity contribution in [3.8, 4) is 0 Å². The molecule has 0 aromatic heterocycles. The molecule has 1 N–H and O–H groups in total. The van der Waals surface area contributed by atoms with E-state index < -0.39 is 11.7 Å². The molecule has 0 saturated heterocycles. The first kappa shape index (κ1) is 17.3. The molecule has 0 heterocycles. The zero-order valence-electron chi connectivity index (χ0n) is 11.6. The molecule has 0 spiro atoms. The number of rotatable bonds is 7. The Morgan fingerprint density at radius 3 is 2.60 bits per heavy atom. The van der Waals surface area contributed by atoms with Crippen LogP contribution < -0.4 is 5.32 Å². The van der Waals surface area contributed by atoms with E-state index in [0.717, 1.165) is 6.07 Å². The third-order valence-electron chi connectivity index (χ3n) is 2.52.